The molecule has 0 spiro atoms. The third-order valence-electron chi connectivity index (χ3n) is 6.77. The van der Waals surface area contributed by atoms with E-state index in [0.29, 0.717) is 29.7 Å². The van der Waals surface area contributed by atoms with E-state index in [1.54, 1.807) is 30.3 Å². The van der Waals surface area contributed by atoms with E-state index >= 15 is 4.39 Å². The number of nitrogens with zero attached hydrogens (tertiary/aromatic N) is 2. The minimum atomic E-state index is -4.81. The van der Waals surface area contributed by atoms with Gasteiger partial charge in [-0.1, -0.05) is 42.5 Å². The highest BCUT2D eigenvalue weighted by atomic mass is 19.4. The fourth-order valence-corrected chi connectivity index (χ4v) is 4.47. The first-order valence-electron chi connectivity index (χ1n) is 12.7. The van der Waals surface area contributed by atoms with Gasteiger partial charge < -0.3 is 21.5 Å². The lowest BCUT2D eigenvalue weighted by atomic mass is 9.96. The van der Waals surface area contributed by atoms with Crippen LogP contribution in [-0.4, -0.2) is 27.3 Å². The number of carbonyl (C=O) groups is 1. The smallest absolute Gasteiger partial charge is 0.435 e. The van der Waals surface area contributed by atoms with Gasteiger partial charge in [0.05, 0.1) is 17.4 Å². The van der Waals surface area contributed by atoms with Gasteiger partial charge in [0.15, 0.2) is 11.5 Å². The number of hydrogen-bond acceptors (Lipinski definition) is 5. The van der Waals surface area contributed by atoms with Crippen LogP contribution in [0.4, 0.5) is 23.2 Å². The van der Waals surface area contributed by atoms with Crippen molar-refractivity contribution >= 4 is 11.6 Å². The molecule has 1 fully saturated rings. The van der Waals surface area contributed by atoms with E-state index < -0.39 is 35.3 Å². The molecule has 7 nitrogen and oxygen atoms in total. The summed E-state index contributed by atoms with van der Waals surface area (Å²) >= 11 is 0. The molecule has 0 radical (unpaired) electrons. The van der Waals surface area contributed by atoms with Crippen LogP contribution >= 0.6 is 0 Å². The van der Waals surface area contributed by atoms with Gasteiger partial charge in [0, 0.05) is 23.7 Å². The second-order valence-corrected chi connectivity index (χ2v) is 9.70. The average Bonchev–Trinajstić information content (AvgIpc) is 3.64. The zero-order valence-electron chi connectivity index (χ0n) is 21.3. The monoisotopic (exact) mass is 553 g/mol. The van der Waals surface area contributed by atoms with Crippen LogP contribution in [-0.2, 0) is 12.7 Å². The maximum atomic E-state index is 15.9. The van der Waals surface area contributed by atoms with Crippen LogP contribution in [0.3, 0.4) is 0 Å². The first-order valence-corrected chi connectivity index (χ1v) is 12.7. The number of anilines is 1. The molecule has 0 saturated heterocycles. The van der Waals surface area contributed by atoms with Crippen molar-refractivity contribution in [3.05, 3.63) is 107 Å². The number of alkyl halides is 3. The van der Waals surface area contributed by atoms with Gasteiger partial charge in [-0.25, -0.2) is 9.07 Å². The summed E-state index contributed by atoms with van der Waals surface area (Å²) in [6.45, 7) is 0.740. The number of hydrogen-bond donors (Lipinski definition) is 4. The molecule has 0 bridgehead atoms. The number of carbonyl (C=O) groups excluding carboxylic acids is 1. The number of para-hydroxylation sites is 1. The number of nitrogens with one attached hydrogen (secondary N) is 2. The van der Waals surface area contributed by atoms with E-state index in [1.807, 2.05) is 0 Å². The Bertz CT molecular complexity index is 1530. The van der Waals surface area contributed by atoms with E-state index in [-0.39, 0.29) is 29.2 Å². The van der Waals surface area contributed by atoms with Crippen LogP contribution in [0.1, 0.15) is 51.8 Å². The van der Waals surface area contributed by atoms with Gasteiger partial charge in [-0.15, -0.1) is 0 Å². The van der Waals surface area contributed by atoms with Crippen LogP contribution in [0, 0.1) is 11.7 Å². The summed E-state index contributed by atoms with van der Waals surface area (Å²) in [7, 11) is 0. The Morgan fingerprint density at radius 3 is 2.48 bits per heavy atom. The Labute approximate surface area is 227 Å². The molecular formula is C29H27F4N5O2. The number of phenols is 1. The SMILES string of the molecule is NCc1cccc(-n2nc(C(F)(F)F)cc2C(=O)Nc2cccc(C(NCC3CC3)c3ccccc3O)c2F)c1. The minimum absolute atomic E-state index is 0.0204. The highest BCUT2D eigenvalue weighted by Gasteiger charge is 2.36. The lowest BCUT2D eigenvalue weighted by Crippen LogP contribution is -2.26. The van der Waals surface area contributed by atoms with Crippen molar-refractivity contribution in [3.63, 3.8) is 0 Å². The molecule has 1 aliphatic rings. The lowest BCUT2D eigenvalue weighted by Gasteiger charge is -2.22. The summed E-state index contributed by atoms with van der Waals surface area (Å²) in [5.74, 6) is -1.32. The number of halogens is 4. The average molecular weight is 554 g/mol. The van der Waals surface area contributed by atoms with Gasteiger partial charge in [0.2, 0.25) is 0 Å². The zero-order chi connectivity index (χ0) is 28.4. The Kier molecular flexibility index (Phi) is 7.59. The molecule has 1 saturated carbocycles. The van der Waals surface area contributed by atoms with Crippen molar-refractivity contribution in [2.45, 2.75) is 31.6 Å². The van der Waals surface area contributed by atoms with E-state index in [0.717, 1.165) is 17.5 Å². The molecule has 11 heteroatoms. The number of rotatable bonds is 9. The van der Waals surface area contributed by atoms with Crippen molar-refractivity contribution in [1.82, 2.24) is 15.1 Å². The summed E-state index contributed by atoms with van der Waals surface area (Å²) in [6, 6.07) is 17.1. The van der Waals surface area contributed by atoms with Crippen LogP contribution in [0.25, 0.3) is 5.69 Å². The zero-order valence-corrected chi connectivity index (χ0v) is 21.3. The molecule has 5 N–H and O–H groups in total. The maximum Gasteiger partial charge on any atom is 0.435 e. The van der Waals surface area contributed by atoms with Crippen molar-refractivity contribution in [1.29, 1.82) is 0 Å². The van der Waals surface area contributed by atoms with Crippen molar-refractivity contribution in [3.8, 4) is 11.4 Å². The second kappa shape index (κ2) is 11.1. The van der Waals surface area contributed by atoms with Crippen LogP contribution < -0.4 is 16.4 Å². The summed E-state index contributed by atoms with van der Waals surface area (Å²) in [6.07, 6.45) is -2.70. The molecule has 1 heterocycles. The number of aromatic nitrogens is 2. The molecule has 1 aromatic heterocycles. The quantitative estimate of drug-likeness (QED) is 0.204. The Balaban J connectivity index is 1.50. The van der Waals surface area contributed by atoms with Gasteiger partial charge in [0.25, 0.3) is 5.91 Å². The molecule has 40 heavy (non-hydrogen) atoms. The molecule has 208 valence electrons. The summed E-state index contributed by atoms with van der Waals surface area (Å²) < 4.78 is 57.4. The number of amides is 1. The van der Waals surface area contributed by atoms with Gasteiger partial charge >= 0.3 is 6.18 Å². The minimum Gasteiger partial charge on any atom is -0.508 e. The molecule has 3 aromatic carbocycles. The lowest BCUT2D eigenvalue weighted by molar-refractivity contribution is -0.141. The summed E-state index contributed by atoms with van der Waals surface area (Å²) in [5.41, 5.74) is 5.18. The second-order valence-electron chi connectivity index (χ2n) is 9.70. The summed E-state index contributed by atoms with van der Waals surface area (Å²) in [4.78, 5) is 13.3. The number of aromatic hydroxyl groups is 1. The summed E-state index contributed by atoms with van der Waals surface area (Å²) in [5, 5.41) is 19.8. The van der Waals surface area contributed by atoms with Gasteiger partial charge in [0.1, 0.15) is 11.4 Å². The molecule has 4 aromatic rings. The highest BCUT2D eigenvalue weighted by molar-refractivity contribution is 6.03. The fourth-order valence-electron chi connectivity index (χ4n) is 4.47. The Morgan fingerprint density at radius 2 is 1.77 bits per heavy atom. The molecule has 1 amide bonds. The van der Waals surface area contributed by atoms with Crippen LogP contribution in [0.15, 0.2) is 72.8 Å². The normalized spacial score (nSPS) is 14.2. The van der Waals surface area contributed by atoms with Gasteiger partial charge in [-0.05, 0) is 55.1 Å². The largest absolute Gasteiger partial charge is 0.508 e. The molecule has 5 rings (SSSR count). The van der Waals surface area contributed by atoms with Crippen molar-refractivity contribution in [2.75, 3.05) is 11.9 Å². The van der Waals surface area contributed by atoms with E-state index in [2.05, 4.69) is 15.7 Å². The van der Waals surface area contributed by atoms with Crippen molar-refractivity contribution < 1.29 is 27.5 Å². The maximum absolute atomic E-state index is 15.9. The van der Waals surface area contributed by atoms with E-state index in [1.165, 1.54) is 36.4 Å². The molecule has 1 atom stereocenters. The van der Waals surface area contributed by atoms with E-state index in [9.17, 15) is 23.1 Å². The molecule has 0 aliphatic heterocycles. The molecular weight excluding hydrogens is 526 g/mol. The standard InChI is InChI=1S/C29H27F4N5O2/c30-26-21(27(35-16-17-11-12-17)20-7-1-2-10-24(20)39)8-4-9-22(26)36-28(40)23-14-25(29(31,32)33)37-38(23)19-6-3-5-18(13-19)15-34/h1-10,13-14,17,27,35,39H,11-12,15-16,34H2,(H,36,40). The highest BCUT2D eigenvalue weighted by Crippen LogP contribution is 2.35. The number of nitrogens with two attached hydrogens (primary N) is 1. The fraction of sp³-hybridized carbons (Fsp3) is 0.241. The molecule has 1 aliphatic carbocycles. The van der Waals surface area contributed by atoms with Crippen molar-refractivity contribution in [2.24, 2.45) is 11.7 Å². The predicted molar refractivity (Wildman–Crippen MR) is 141 cm³/mol. The third kappa shape index (κ3) is 5.85. The topological polar surface area (TPSA) is 105 Å². The Morgan fingerprint density at radius 1 is 1.05 bits per heavy atom. The predicted octanol–water partition coefficient (Wildman–Crippen LogP) is 5.54. The van der Waals surface area contributed by atoms with Crippen LogP contribution in [0.2, 0.25) is 0 Å². The number of benzene rings is 3. The van der Waals surface area contributed by atoms with Gasteiger partial charge in [-0.2, -0.15) is 18.3 Å². The number of phenolic OH excluding ortho intramolecular Hbond substituents is 1. The Hall–Kier alpha value is -4.22. The first-order chi connectivity index (χ1) is 19.2. The molecule has 1 unspecified atom stereocenters. The van der Waals surface area contributed by atoms with E-state index in [4.69, 9.17) is 5.73 Å². The third-order valence-corrected chi connectivity index (χ3v) is 6.77. The first kappa shape index (κ1) is 27.4. The van der Waals surface area contributed by atoms with Gasteiger partial charge in [-0.3, -0.25) is 4.79 Å². The van der Waals surface area contributed by atoms with Crippen LogP contribution in [0.5, 0.6) is 5.75 Å².